The molecule has 4 nitrogen and oxygen atoms in total. The second-order valence-corrected chi connectivity index (χ2v) is 3.18. The molecule has 0 aliphatic rings. The van der Waals surface area contributed by atoms with Crippen molar-refractivity contribution in [2.45, 2.75) is 0 Å². The Morgan fingerprint density at radius 3 is 2.81 bits per heavy atom. The van der Waals surface area contributed by atoms with Gasteiger partial charge in [0.2, 0.25) is 0 Å². The summed E-state index contributed by atoms with van der Waals surface area (Å²) in [4.78, 5) is 8.19. The van der Waals surface area contributed by atoms with Gasteiger partial charge in [-0.3, -0.25) is 0 Å². The van der Waals surface area contributed by atoms with Gasteiger partial charge in [0.25, 0.3) is 0 Å². The molecule has 0 atom stereocenters. The molecule has 1 aromatic carbocycles. The van der Waals surface area contributed by atoms with Gasteiger partial charge in [0.05, 0.1) is 0 Å². The zero-order chi connectivity index (χ0) is 11.5. The minimum atomic E-state index is -0.684. The molecule has 0 spiro atoms. The number of nitrogens with zero attached hydrogens (tertiary/aromatic N) is 2. The Hall–Kier alpha value is -2.17. The number of phenols is 1. The molecule has 1 heterocycles. The first-order chi connectivity index (χ1) is 7.70. The normalized spacial score (nSPS) is 10.1. The van der Waals surface area contributed by atoms with Crippen LogP contribution in [0.4, 0.5) is 10.2 Å². The van der Waals surface area contributed by atoms with E-state index in [1.807, 2.05) is 0 Å². The molecule has 1 aromatic heterocycles. The summed E-state index contributed by atoms with van der Waals surface area (Å²) >= 11 is 0. The third kappa shape index (κ3) is 1.93. The Kier molecular flexibility index (Phi) is 2.68. The van der Waals surface area contributed by atoms with E-state index in [-0.39, 0.29) is 5.75 Å². The fourth-order valence-electron chi connectivity index (χ4n) is 1.28. The van der Waals surface area contributed by atoms with Gasteiger partial charge in [-0.05, 0) is 24.3 Å². The average Bonchev–Trinajstić information content (AvgIpc) is 2.33. The quantitative estimate of drug-likeness (QED) is 0.811. The van der Waals surface area contributed by atoms with Gasteiger partial charge in [0, 0.05) is 18.8 Å². The third-order valence-corrected chi connectivity index (χ3v) is 2.12. The number of anilines is 1. The fourth-order valence-corrected chi connectivity index (χ4v) is 1.28. The summed E-state index contributed by atoms with van der Waals surface area (Å²) < 4.78 is 13.1. The van der Waals surface area contributed by atoms with E-state index in [0.717, 1.165) is 0 Å². The lowest BCUT2D eigenvalue weighted by Crippen LogP contribution is -1.95. The number of benzene rings is 1. The number of hydrogen-bond acceptors (Lipinski definition) is 4. The zero-order valence-electron chi connectivity index (χ0n) is 8.61. The van der Waals surface area contributed by atoms with Crippen molar-refractivity contribution in [3.8, 4) is 17.1 Å². The molecule has 0 saturated heterocycles. The van der Waals surface area contributed by atoms with E-state index < -0.39 is 5.82 Å². The number of nitrogens with one attached hydrogen (secondary N) is 1. The van der Waals surface area contributed by atoms with Crippen molar-refractivity contribution < 1.29 is 9.50 Å². The van der Waals surface area contributed by atoms with E-state index in [9.17, 15) is 4.39 Å². The summed E-state index contributed by atoms with van der Waals surface area (Å²) in [7, 11) is 1.74. The monoisotopic (exact) mass is 219 g/mol. The van der Waals surface area contributed by atoms with Crippen molar-refractivity contribution in [3.63, 3.8) is 0 Å². The predicted molar refractivity (Wildman–Crippen MR) is 58.6 cm³/mol. The standard InChI is InChI=1S/C11H10FN3O/c1-13-10-4-5-14-11(15-10)7-2-3-9(16)8(12)6-7/h2-6,16H,1H3,(H,13,14,15). The van der Waals surface area contributed by atoms with E-state index in [1.54, 1.807) is 25.4 Å². The Morgan fingerprint density at radius 1 is 1.31 bits per heavy atom. The molecule has 2 rings (SSSR count). The van der Waals surface area contributed by atoms with Gasteiger partial charge < -0.3 is 10.4 Å². The first-order valence-corrected chi connectivity index (χ1v) is 4.70. The first kappa shape index (κ1) is 10.4. The predicted octanol–water partition coefficient (Wildman–Crippen LogP) is 2.03. The molecule has 5 heteroatoms. The topological polar surface area (TPSA) is 58.0 Å². The van der Waals surface area contributed by atoms with Crippen molar-refractivity contribution in [1.29, 1.82) is 0 Å². The van der Waals surface area contributed by atoms with Crippen LogP contribution in [0.5, 0.6) is 5.75 Å². The SMILES string of the molecule is CNc1ccnc(-c2ccc(O)c(F)c2)n1. The number of aromatic nitrogens is 2. The zero-order valence-corrected chi connectivity index (χ0v) is 8.61. The Bertz CT molecular complexity index is 516. The molecule has 16 heavy (non-hydrogen) atoms. The first-order valence-electron chi connectivity index (χ1n) is 4.70. The van der Waals surface area contributed by atoms with E-state index in [4.69, 9.17) is 5.11 Å². The molecule has 0 aliphatic heterocycles. The molecule has 0 saturated carbocycles. The smallest absolute Gasteiger partial charge is 0.165 e. The van der Waals surface area contributed by atoms with Crippen LogP contribution in [0.15, 0.2) is 30.5 Å². The van der Waals surface area contributed by atoms with Crippen LogP contribution in [0.2, 0.25) is 0 Å². The average molecular weight is 219 g/mol. The van der Waals surface area contributed by atoms with Crippen LogP contribution in [0, 0.1) is 5.82 Å². The molecule has 0 radical (unpaired) electrons. The number of aromatic hydroxyl groups is 1. The second-order valence-electron chi connectivity index (χ2n) is 3.18. The Morgan fingerprint density at radius 2 is 2.12 bits per heavy atom. The molecule has 0 bridgehead atoms. The van der Waals surface area contributed by atoms with Gasteiger partial charge in [0.15, 0.2) is 17.4 Å². The molecule has 82 valence electrons. The Balaban J connectivity index is 2.46. The summed E-state index contributed by atoms with van der Waals surface area (Å²) in [5.41, 5.74) is 0.521. The van der Waals surface area contributed by atoms with Gasteiger partial charge in [-0.15, -0.1) is 0 Å². The van der Waals surface area contributed by atoms with Crippen LogP contribution in [-0.4, -0.2) is 22.1 Å². The summed E-state index contributed by atoms with van der Waals surface area (Å²) in [5, 5.41) is 11.9. The summed E-state index contributed by atoms with van der Waals surface area (Å²) in [6.07, 6.45) is 1.58. The van der Waals surface area contributed by atoms with E-state index in [0.29, 0.717) is 17.2 Å². The van der Waals surface area contributed by atoms with Crippen LogP contribution in [0.1, 0.15) is 0 Å². The lowest BCUT2D eigenvalue weighted by molar-refractivity contribution is 0.432. The van der Waals surface area contributed by atoms with E-state index in [2.05, 4.69) is 15.3 Å². The lowest BCUT2D eigenvalue weighted by Gasteiger charge is -2.03. The van der Waals surface area contributed by atoms with Crippen molar-refractivity contribution in [3.05, 3.63) is 36.3 Å². The van der Waals surface area contributed by atoms with Crippen molar-refractivity contribution in [2.24, 2.45) is 0 Å². The number of rotatable bonds is 2. The molecule has 0 amide bonds. The van der Waals surface area contributed by atoms with Crippen LogP contribution in [0.25, 0.3) is 11.4 Å². The second kappa shape index (κ2) is 4.14. The van der Waals surface area contributed by atoms with E-state index >= 15 is 0 Å². The maximum Gasteiger partial charge on any atom is 0.165 e. The largest absolute Gasteiger partial charge is 0.505 e. The summed E-state index contributed by atoms with van der Waals surface area (Å²) in [6, 6.07) is 5.75. The van der Waals surface area contributed by atoms with Crippen LogP contribution >= 0.6 is 0 Å². The molecule has 2 aromatic rings. The molecule has 0 aliphatic carbocycles. The van der Waals surface area contributed by atoms with Crippen molar-refractivity contribution in [2.75, 3.05) is 12.4 Å². The molecule has 0 fully saturated rings. The number of hydrogen-bond donors (Lipinski definition) is 2. The van der Waals surface area contributed by atoms with E-state index in [1.165, 1.54) is 12.1 Å². The third-order valence-electron chi connectivity index (χ3n) is 2.12. The molecular weight excluding hydrogens is 209 g/mol. The van der Waals surface area contributed by atoms with Crippen molar-refractivity contribution >= 4 is 5.82 Å². The van der Waals surface area contributed by atoms with Crippen LogP contribution < -0.4 is 5.32 Å². The molecule has 0 unspecified atom stereocenters. The van der Waals surface area contributed by atoms with Gasteiger partial charge in [-0.2, -0.15) is 0 Å². The highest BCUT2D eigenvalue weighted by Gasteiger charge is 2.06. The minimum Gasteiger partial charge on any atom is -0.505 e. The van der Waals surface area contributed by atoms with Gasteiger partial charge in [-0.25, -0.2) is 14.4 Å². The highest BCUT2D eigenvalue weighted by molar-refractivity contribution is 5.58. The van der Waals surface area contributed by atoms with Gasteiger partial charge in [0.1, 0.15) is 5.82 Å². The number of halogens is 1. The van der Waals surface area contributed by atoms with Gasteiger partial charge in [-0.1, -0.05) is 0 Å². The highest BCUT2D eigenvalue weighted by atomic mass is 19.1. The fraction of sp³-hybridized carbons (Fsp3) is 0.0909. The highest BCUT2D eigenvalue weighted by Crippen LogP contribution is 2.22. The minimum absolute atomic E-state index is 0.381. The Labute approximate surface area is 91.8 Å². The van der Waals surface area contributed by atoms with Gasteiger partial charge >= 0.3 is 0 Å². The maximum absolute atomic E-state index is 13.1. The molecular formula is C11H10FN3O. The summed E-state index contributed by atoms with van der Waals surface area (Å²) in [6.45, 7) is 0. The van der Waals surface area contributed by atoms with Crippen LogP contribution in [0.3, 0.4) is 0 Å². The lowest BCUT2D eigenvalue weighted by atomic mass is 10.2. The number of phenolic OH excluding ortho intramolecular Hbond substituents is 1. The van der Waals surface area contributed by atoms with Crippen molar-refractivity contribution in [1.82, 2.24) is 9.97 Å². The summed E-state index contributed by atoms with van der Waals surface area (Å²) in [5.74, 6) is -0.00582. The molecule has 2 N–H and O–H groups in total. The van der Waals surface area contributed by atoms with Crippen LogP contribution in [-0.2, 0) is 0 Å². The maximum atomic E-state index is 13.1.